The summed E-state index contributed by atoms with van der Waals surface area (Å²) >= 11 is 0. The second-order valence-corrected chi connectivity index (χ2v) is 9.14. The second-order valence-electron chi connectivity index (χ2n) is 7.25. The van der Waals surface area contributed by atoms with Crippen LogP contribution < -0.4 is 14.8 Å². The number of fused-ring (bicyclic) bond motifs is 1. The Hall–Kier alpha value is -2.09. The third kappa shape index (κ3) is 4.48. The van der Waals surface area contributed by atoms with Crippen LogP contribution in [0.4, 0.5) is 0 Å². The number of hydrogen-bond donors (Lipinski definition) is 1. The summed E-state index contributed by atoms with van der Waals surface area (Å²) in [6.07, 6.45) is 0.460. The van der Waals surface area contributed by atoms with Gasteiger partial charge in [0, 0.05) is 12.6 Å². The van der Waals surface area contributed by atoms with Crippen molar-refractivity contribution in [3.05, 3.63) is 54.1 Å². The van der Waals surface area contributed by atoms with E-state index >= 15 is 0 Å². The first kappa shape index (κ1) is 20.6. The number of ether oxygens (including phenoxy) is 2. The molecule has 1 aliphatic heterocycles. The Bertz CT molecular complexity index is 885. The van der Waals surface area contributed by atoms with Crippen molar-refractivity contribution in [1.29, 1.82) is 0 Å². The van der Waals surface area contributed by atoms with Gasteiger partial charge in [-0.15, -0.1) is 0 Å². The molecule has 6 nitrogen and oxygen atoms in total. The van der Waals surface area contributed by atoms with E-state index in [4.69, 9.17) is 9.47 Å². The minimum atomic E-state index is -3.76. The zero-order valence-corrected chi connectivity index (χ0v) is 17.4. The Morgan fingerprint density at radius 1 is 1.07 bits per heavy atom. The van der Waals surface area contributed by atoms with E-state index in [2.05, 4.69) is 12.2 Å². The number of sulfonamides is 1. The van der Waals surface area contributed by atoms with Crippen LogP contribution in [0.5, 0.6) is 11.5 Å². The van der Waals surface area contributed by atoms with Crippen LogP contribution in [0, 0.1) is 5.92 Å². The predicted octanol–water partition coefficient (Wildman–Crippen LogP) is 3.76. The highest BCUT2D eigenvalue weighted by Gasteiger charge is 2.33. The van der Waals surface area contributed by atoms with E-state index in [9.17, 15) is 8.42 Å². The fraction of sp³-hybridized carbons (Fsp3) is 0.429. The Labute approximate surface area is 167 Å². The lowest BCUT2D eigenvalue weighted by Gasteiger charge is -2.33. The Kier molecular flexibility index (Phi) is 6.59. The van der Waals surface area contributed by atoms with Crippen LogP contribution >= 0.6 is 0 Å². The van der Waals surface area contributed by atoms with Crippen molar-refractivity contribution in [1.82, 2.24) is 9.62 Å². The van der Waals surface area contributed by atoms with Gasteiger partial charge in [0.1, 0.15) is 6.17 Å². The molecule has 0 amide bonds. The minimum absolute atomic E-state index is 0.110. The summed E-state index contributed by atoms with van der Waals surface area (Å²) in [6.45, 7) is 7.32. The zero-order chi connectivity index (χ0) is 20.1. The van der Waals surface area contributed by atoms with Gasteiger partial charge in [-0.25, -0.2) is 8.42 Å². The molecule has 0 saturated carbocycles. The fourth-order valence-electron chi connectivity index (χ4n) is 3.18. The predicted molar refractivity (Wildman–Crippen MR) is 109 cm³/mol. The summed E-state index contributed by atoms with van der Waals surface area (Å²) < 4.78 is 39.5. The zero-order valence-electron chi connectivity index (χ0n) is 16.6. The van der Waals surface area contributed by atoms with Gasteiger partial charge in [-0.1, -0.05) is 51.1 Å². The molecule has 1 atom stereocenters. The number of benzene rings is 2. The number of rotatable bonds is 9. The van der Waals surface area contributed by atoms with Crippen molar-refractivity contribution in [3.63, 3.8) is 0 Å². The maximum Gasteiger partial charge on any atom is 0.244 e. The van der Waals surface area contributed by atoms with Gasteiger partial charge < -0.3 is 9.47 Å². The first-order valence-corrected chi connectivity index (χ1v) is 11.1. The van der Waals surface area contributed by atoms with Crippen molar-refractivity contribution in [2.24, 2.45) is 5.92 Å². The number of nitrogens with one attached hydrogen (secondary N) is 1. The smallest absolute Gasteiger partial charge is 0.244 e. The Morgan fingerprint density at radius 2 is 1.79 bits per heavy atom. The molecule has 3 rings (SSSR count). The molecule has 7 heteroatoms. The molecule has 2 aromatic rings. The molecular weight excluding hydrogens is 376 g/mol. The van der Waals surface area contributed by atoms with Crippen molar-refractivity contribution >= 4 is 10.0 Å². The quantitative estimate of drug-likeness (QED) is 0.645. The third-order valence-corrected chi connectivity index (χ3v) is 6.31. The summed E-state index contributed by atoms with van der Waals surface area (Å²) in [5.74, 6) is 1.19. The average molecular weight is 405 g/mol. The molecule has 1 aliphatic rings. The molecule has 1 N–H and O–H groups in total. The van der Waals surface area contributed by atoms with Crippen molar-refractivity contribution in [2.75, 3.05) is 19.9 Å². The number of nitrogens with zero attached hydrogens (tertiary/aromatic N) is 1. The van der Waals surface area contributed by atoms with E-state index in [1.54, 1.807) is 22.5 Å². The maximum atomic E-state index is 13.6. The minimum Gasteiger partial charge on any atom is -0.454 e. The summed E-state index contributed by atoms with van der Waals surface area (Å²) in [4.78, 5) is 0.205. The van der Waals surface area contributed by atoms with Crippen molar-refractivity contribution < 1.29 is 17.9 Å². The molecule has 0 saturated heterocycles. The molecule has 28 heavy (non-hydrogen) atoms. The standard InChI is InChI=1S/C21H28N2O4S/c1-4-12-22-21(17-8-6-5-7-9-17)23(14-16(2)3)28(24,25)18-10-11-19-20(13-18)27-15-26-19/h5-11,13,16,21-22H,4,12,14-15H2,1-3H3/t21-/m0/s1. The van der Waals surface area contributed by atoms with E-state index in [0.717, 1.165) is 12.0 Å². The Morgan fingerprint density at radius 3 is 2.46 bits per heavy atom. The average Bonchev–Trinajstić information content (AvgIpc) is 3.15. The second kappa shape index (κ2) is 8.94. The van der Waals surface area contributed by atoms with E-state index in [0.29, 0.717) is 24.6 Å². The van der Waals surface area contributed by atoms with Gasteiger partial charge in [0.15, 0.2) is 11.5 Å². The van der Waals surface area contributed by atoms with Crippen LogP contribution in [0.25, 0.3) is 0 Å². The third-order valence-electron chi connectivity index (χ3n) is 4.49. The van der Waals surface area contributed by atoms with Crippen LogP contribution in [0.1, 0.15) is 38.9 Å². The highest BCUT2D eigenvalue weighted by Crippen LogP contribution is 2.36. The van der Waals surface area contributed by atoms with Crippen LogP contribution in [0.2, 0.25) is 0 Å². The van der Waals surface area contributed by atoms with Gasteiger partial charge in [0.05, 0.1) is 4.90 Å². The topological polar surface area (TPSA) is 67.9 Å². The first-order chi connectivity index (χ1) is 13.4. The normalized spacial score (nSPS) is 14.6. The van der Waals surface area contributed by atoms with Gasteiger partial charge in [-0.2, -0.15) is 4.31 Å². The molecule has 0 unspecified atom stereocenters. The van der Waals surface area contributed by atoms with E-state index < -0.39 is 16.2 Å². The van der Waals surface area contributed by atoms with Crippen LogP contribution in [0.15, 0.2) is 53.4 Å². The monoisotopic (exact) mass is 404 g/mol. The highest BCUT2D eigenvalue weighted by atomic mass is 32.2. The molecule has 0 radical (unpaired) electrons. The molecule has 1 heterocycles. The molecular formula is C21H28N2O4S. The van der Waals surface area contributed by atoms with Crippen molar-refractivity contribution in [2.45, 2.75) is 38.3 Å². The maximum absolute atomic E-state index is 13.6. The molecule has 0 bridgehead atoms. The highest BCUT2D eigenvalue weighted by molar-refractivity contribution is 7.89. The lowest BCUT2D eigenvalue weighted by Crippen LogP contribution is -2.44. The van der Waals surface area contributed by atoms with E-state index in [1.165, 1.54) is 0 Å². The van der Waals surface area contributed by atoms with Crippen molar-refractivity contribution in [3.8, 4) is 11.5 Å². The molecule has 0 aromatic heterocycles. The number of hydrogen-bond acceptors (Lipinski definition) is 5. The first-order valence-electron chi connectivity index (χ1n) is 9.63. The summed E-state index contributed by atoms with van der Waals surface area (Å²) in [7, 11) is -3.76. The van der Waals surface area contributed by atoms with Gasteiger partial charge in [0.2, 0.25) is 16.8 Å². The van der Waals surface area contributed by atoms with Gasteiger partial charge >= 0.3 is 0 Å². The SMILES string of the molecule is CCCN[C@H](c1ccccc1)N(CC(C)C)S(=O)(=O)c1ccc2c(c1)OCO2. The summed E-state index contributed by atoms with van der Waals surface area (Å²) in [5, 5.41) is 3.41. The van der Waals surface area contributed by atoms with E-state index in [1.807, 2.05) is 44.2 Å². The molecule has 0 fully saturated rings. The van der Waals surface area contributed by atoms with Crippen LogP contribution in [0.3, 0.4) is 0 Å². The molecule has 0 spiro atoms. The molecule has 0 aliphatic carbocycles. The van der Waals surface area contributed by atoms with Gasteiger partial charge in [-0.05, 0) is 36.6 Å². The fourth-order valence-corrected chi connectivity index (χ4v) is 4.91. The lowest BCUT2D eigenvalue weighted by molar-refractivity contribution is 0.174. The largest absolute Gasteiger partial charge is 0.454 e. The van der Waals surface area contributed by atoms with Gasteiger partial charge in [0.25, 0.3) is 0 Å². The lowest BCUT2D eigenvalue weighted by atomic mass is 10.1. The molecule has 152 valence electrons. The van der Waals surface area contributed by atoms with E-state index in [-0.39, 0.29) is 17.6 Å². The molecule has 2 aromatic carbocycles. The summed E-state index contributed by atoms with van der Waals surface area (Å²) in [5.41, 5.74) is 0.918. The Balaban J connectivity index is 2.03. The van der Waals surface area contributed by atoms with Crippen LogP contribution in [-0.2, 0) is 10.0 Å². The van der Waals surface area contributed by atoms with Crippen LogP contribution in [-0.4, -0.2) is 32.6 Å². The summed E-state index contributed by atoms with van der Waals surface area (Å²) in [6, 6.07) is 14.5. The van der Waals surface area contributed by atoms with Gasteiger partial charge in [-0.3, -0.25) is 5.32 Å².